The van der Waals surface area contributed by atoms with E-state index >= 15 is 0 Å². The fraction of sp³-hybridized carbons (Fsp3) is 0.100. The Balaban J connectivity index is 1.60. The Kier molecular flexibility index (Phi) is 6.64. The Morgan fingerprint density at radius 2 is 1.67 bits per heavy atom. The molecule has 7 N–H and O–H groups in total. The van der Waals surface area contributed by atoms with E-state index in [0.29, 0.717) is 27.9 Å². The largest absolute Gasteiger partial charge is 0.383 e. The number of benzene rings is 3. The van der Waals surface area contributed by atoms with Crippen LogP contribution in [-0.4, -0.2) is 26.2 Å². The highest BCUT2D eigenvalue weighted by molar-refractivity contribution is 6.15. The van der Waals surface area contributed by atoms with Gasteiger partial charge in [-0.05, 0) is 60.7 Å². The predicted molar refractivity (Wildman–Crippen MR) is 153 cm³/mol. The van der Waals surface area contributed by atoms with E-state index in [4.69, 9.17) is 16.9 Å². The summed E-state index contributed by atoms with van der Waals surface area (Å²) in [6, 6.07) is 22.2. The zero-order valence-corrected chi connectivity index (χ0v) is 21.6. The van der Waals surface area contributed by atoms with E-state index < -0.39 is 5.91 Å². The Bertz CT molecular complexity index is 1820. The van der Waals surface area contributed by atoms with Crippen LogP contribution in [0, 0.1) is 13.8 Å². The molecule has 1 amide bonds. The van der Waals surface area contributed by atoms with Crippen molar-refractivity contribution in [2.45, 2.75) is 20.4 Å². The number of nitrogens with one attached hydrogen (secondary N) is 1. The second-order valence-electron chi connectivity index (χ2n) is 9.30. The number of pyridine rings is 1. The number of hydrogen-bond donors (Lipinski definition) is 4. The van der Waals surface area contributed by atoms with Crippen molar-refractivity contribution in [2.75, 3.05) is 11.1 Å². The Hall–Kier alpha value is -5.31. The Labute approximate surface area is 224 Å². The molecule has 9 nitrogen and oxygen atoms in total. The number of anilines is 2. The molecular weight excluding hydrogens is 490 g/mol. The highest BCUT2D eigenvalue weighted by Crippen LogP contribution is 2.24. The number of para-hydroxylation sites is 1. The van der Waals surface area contributed by atoms with Gasteiger partial charge in [0.2, 0.25) is 11.6 Å². The average Bonchev–Trinajstić information content (AvgIpc) is 2.92. The number of aryl methyl sites for hydroxylation is 2. The zero-order chi connectivity index (χ0) is 27.7. The van der Waals surface area contributed by atoms with E-state index in [-0.39, 0.29) is 23.6 Å². The monoisotopic (exact) mass is 518 g/mol. The van der Waals surface area contributed by atoms with Gasteiger partial charge < -0.3 is 16.8 Å². The molecule has 2 heterocycles. The first-order chi connectivity index (χ1) is 18.8. The molecule has 0 saturated carbocycles. The fourth-order valence-electron chi connectivity index (χ4n) is 4.76. The highest BCUT2D eigenvalue weighted by atomic mass is 16.1. The van der Waals surface area contributed by atoms with Gasteiger partial charge >= 0.3 is 0 Å². The quantitative estimate of drug-likeness (QED) is 0.242. The first-order valence-electron chi connectivity index (χ1n) is 12.3. The van der Waals surface area contributed by atoms with E-state index in [1.165, 1.54) is 6.33 Å². The maximum absolute atomic E-state index is 13.9. The summed E-state index contributed by atoms with van der Waals surface area (Å²) < 4.78 is 1.73. The third-order valence-electron chi connectivity index (χ3n) is 6.73. The molecular formula is C30H28N7O2+. The molecule has 0 atom stereocenters. The second kappa shape index (κ2) is 10.2. The number of primary amides is 1. The topological polar surface area (TPSA) is 155 Å². The molecule has 5 aromatic rings. The van der Waals surface area contributed by atoms with Gasteiger partial charge in [-0.3, -0.25) is 19.6 Å². The summed E-state index contributed by atoms with van der Waals surface area (Å²) in [6.07, 6.45) is 1.34. The number of rotatable bonds is 7. The molecule has 0 fully saturated rings. The maximum Gasteiger partial charge on any atom is 0.263 e. The standard InChI is InChI=1S/C30H27N7O2/c1-17-7-3-4-12-23(17)37-22(14-19-9-5-8-18(2)24(19)30(37)39)15-34-29-25(27(32)35-16-36-29)26(31)20-10-6-11-21(13-20)28(33)38/h3-14,16,31H,15H2,1-2H3,(H2,33,38)(H3,32,34,35,36)/p+1. The number of carbonyl (C=O) groups is 1. The normalized spacial score (nSPS) is 10.9. The number of carbonyl (C=O) groups excluding carboxylic acids is 1. The van der Waals surface area contributed by atoms with Crippen LogP contribution in [0.4, 0.5) is 11.6 Å². The molecule has 0 aliphatic carbocycles. The minimum absolute atomic E-state index is 0.103. The first-order valence-corrected chi connectivity index (χ1v) is 12.3. The highest BCUT2D eigenvalue weighted by Gasteiger charge is 2.22. The van der Waals surface area contributed by atoms with Crippen molar-refractivity contribution < 1.29 is 10.2 Å². The van der Waals surface area contributed by atoms with Gasteiger partial charge in [-0.2, -0.15) is 0 Å². The van der Waals surface area contributed by atoms with Crippen molar-refractivity contribution in [3.05, 3.63) is 123 Å². The molecule has 0 spiro atoms. The van der Waals surface area contributed by atoms with Gasteiger partial charge in [-0.15, -0.1) is 0 Å². The first kappa shape index (κ1) is 25.3. The predicted octanol–water partition coefficient (Wildman–Crippen LogP) is 2.29. The van der Waals surface area contributed by atoms with Crippen LogP contribution in [0.1, 0.15) is 38.3 Å². The molecule has 194 valence electrons. The number of aromatic nitrogens is 3. The van der Waals surface area contributed by atoms with Crippen LogP contribution in [-0.2, 0) is 6.54 Å². The molecule has 0 aliphatic rings. The van der Waals surface area contributed by atoms with Crippen LogP contribution in [0.5, 0.6) is 0 Å². The van der Waals surface area contributed by atoms with Crippen LogP contribution in [0.3, 0.4) is 0 Å². The lowest BCUT2D eigenvalue weighted by Crippen LogP contribution is -2.42. The molecule has 2 aromatic heterocycles. The molecule has 0 bridgehead atoms. The van der Waals surface area contributed by atoms with Crippen molar-refractivity contribution in [1.29, 1.82) is 0 Å². The molecule has 39 heavy (non-hydrogen) atoms. The summed E-state index contributed by atoms with van der Waals surface area (Å²) in [6.45, 7) is 4.15. The summed E-state index contributed by atoms with van der Waals surface area (Å²) in [4.78, 5) is 34.1. The Morgan fingerprint density at radius 1 is 0.949 bits per heavy atom. The molecule has 3 aromatic carbocycles. The minimum Gasteiger partial charge on any atom is -0.383 e. The molecule has 0 radical (unpaired) electrons. The summed E-state index contributed by atoms with van der Waals surface area (Å²) in [5.41, 5.74) is 16.5. The van der Waals surface area contributed by atoms with E-state index in [9.17, 15) is 9.59 Å². The summed E-state index contributed by atoms with van der Waals surface area (Å²) in [7, 11) is 0. The Morgan fingerprint density at radius 3 is 2.44 bits per heavy atom. The SMILES string of the molecule is Cc1ccccc1-n1c(CNc2ncnc(N)c2C(=[NH2+])c2cccc(C(N)=O)c2)cc2cccc(C)c2c1=O. The van der Waals surface area contributed by atoms with Gasteiger partial charge in [0.1, 0.15) is 23.5 Å². The van der Waals surface area contributed by atoms with Crippen LogP contribution < -0.4 is 27.8 Å². The molecule has 9 heteroatoms. The van der Waals surface area contributed by atoms with E-state index in [2.05, 4.69) is 15.3 Å². The van der Waals surface area contributed by atoms with Gasteiger partial charge in [0.25, 0.3) is 5.56 Å². The van der Waals surface area contributed by atoms with Gasteiger partial charge in [-0.1, -0.05) is 42.5 Å². The third-order valence-corrected chi connectivity index (χ3v) is 6.73. The van der Waals surface area contributed by atoms with Crippen molar-refractivity contribution in [1.82, 2.24) is 14.5 Å². The van der Waals surface area contributed by atoms with Crippen LogP contribution in [0.2, 0.25) is 0 Å². The molecule has 5 rings (SSSR count). The summed E-state index contributed by atoms with van der Waals surface area (Å²) in [5.74, 6) is -0.0153. The van der Waals surface area contributed by atoms with E-state index in [0.717, 1.165) is 27.9 Å². The average molecular weight is 519 g/mol. The van der Waals surface area contributed by atoms with Crippen molar-refractivity contribution >= 4 is 34.0 Å². The third kappa shape index (κ3) is 4.73. The van der Waals surface area contributed by atoms with E-state index in [1.54, 1.807) is 28.8 Å². The lowest BCUT2D eigenvalue weighted by molar-refractivity contribution is -0.111. The van der Waals surface area contributed by atoms with Gasteiger partial charge in [-0.25, -0.2) is 9.97 Å². The number of hydrogen-bond acceptors (Lipinski definition) is 6. The van der Waals surface area contributed by atoms with Gasteiger partial charge in [0.15, 0.2) is 0 Å². The maximum atomic E-state index is 13.9. The number of nitrogen functional groups attached to an aromatic ring is 1. The number of nitrogens with two attached hydrogens (primary N) is 3. The molecule has 0 unspecified atom stereocenters. The van der Waals surface area contributed by atoms with Gasteiger partial charge in [0, 0.05) is 16.8 Å². The van der Waals surface area contributed by atoms with Crippen LogP contribution >= 0.6 is 0 Å². The summed E-state index contributed by atoms with van der Waals surface area (Å²) >= 11 is 0. The molecule has 0 saturated heterocycles. The number of amides is 1. The fourth-order valence-corrected chi connectivity index (χ4v) is 4.76. The van der Waals surface area contributed by atoms with Crippen molar-refractivity contribution in [2.24, 2.45) is 5.73 Å². The van der Waals surface area contributed by atoms with Crippen molar-refractivity contribution in [3.63, 3.8) is 0 Å². The van der Waals surface area contributed by atoms with Crippen LogP contribution in [0.15, 0.2) is 83.9 Å². The lowest BCUT2D eigenvalue weighted by Gasteiger charge is -2.18. The number of nitrogens with zero attached hydrogens (tertiary/aromatic N) is 3. The van der Waals surface area contributed by atoms with Gasteiger partial charge in [0.05, 0.1) is 17.6 Å². The second-order valence-corrected chi connectivity index (χ2v) is 9.30. The lowest BCUT2D eigenvalue weighted by atomic mass is 10.0. The minimum atomic E-state index is -0.569. The van der Waals surface area contributed by atoms with Crippen LogP contribution in [0.25, 0.3) is 16.5 Å². The van der Waals surface area contributed by atoms with Crippen molar-refractivity contribution in [3.8, 4) is 5.69 Å². The zero-order valence-electron chi connectivity index (χ0n) is 21.6. The molecule has 0 aliphatic heterocycles. The number of fused-ring (bicyclic) bond motifs is 1. The summed E-state index contributed by atoms with van der Waals surface area (Å²) in [5, 5.41) is 11.3. The smallest absolute Gasteiger partial charge is 0.263 e. The van der Waals surface area contributed by atoms with E-state index in [1.807, 2.05) is 62.4 Å².